The van der Waals surface area contributed by atoms with Gasteiger partial charge in [-0.3, -0.25) is 0 Å². The van der Waals surface area contributed by atoms with E-state index in [0.29, 0.717) is 12.2 Å². The van der Waals surface area contributed by atoms with Crippen molar-refractivity contribution >= 4 is 11.9 Å². The predicted molar refractivity (Wildman–Crippen MR) is 44.2 cm³/mol. The van der Waals surface area contributed by atoms with Crippen LogP contribution in [0.4, 0.5) is 0 Å². The molecule has 0 aromatic carbocycles. The third-order valence-corrected chi connectivity index (χ3v) is 0.768. The molecule has 1 rings (SSSR count). The Morgan fingerprint density at radius 3 is 1.29 bits per heavy atom. The predicted octanol–water partition coefficient (Wildman–Crippen LogP) is -0.417. The van der Waals surface area contributed by atoms with Crippen LogP contribution in [0.2, 0.25) is 0 Å². The fourth-order valence-electron chi connectivity index (χ4n) is 0.347. The Kier molecular flexibility index (Phi) is 6.13. The van der Waals surface area contributed by atoms with Gasteiger partial charge in [0.15, 0.2) is 0 Å². The molecule has 1 aromatic heterocycles. The maximum atomic E-state index is 9.55. The third-order valence-electron chi connectivity index (χ3n) is 0.768. The van der Waals surface area contributed by atoms with E-state index in [1.807, 2.05) is 0 Å². The molecule has 0 spiro atoms. The number of carboxylic acids is 2. The molecule has 0 saturated carbocycles. The van der Waals surface area contributed by atoms with Gasteiger partial charge in [-0.2, -0.15) is 0 Å². The summed E-state index contributed by atoms with van der Waals surface area (Å²) in [4.78, 5) is 29.8. The van der Waals surface area contributed by atoms with Crippen molar-refractivity contribution < 1.29 is 19.8 Å². The molecule has 14 heavy (non-hydrogen) atoms. The van der Waals surface area contributed by atoms with E-state index < -0.39 is 11.9 Å². The van der Waals surface area contributed by atoms with Gasteiger partial charge in [0, 0.05) is 12.2 Å². The molecule has 1 heterocycles. The summed E-state index contributed by atoms with van der Waals surface area (Å²) < 4.78 is 0. The van der Waals surface area contributed by atoms with E-state index in [2.05, 4.69) is 15.0 Å². The van der Waals surface area contributed by atoms with E-state index in [9.17, 15) is 9.59 Å². The molecule has 0 bridgehead atoms. The van der Waals surface area contributed by atoms with Crippen molar-refractivity contribution in [2.24, 2.45) is 0 Å². The summed E-state index contributed by atoms with van der Waals surface area (Å²) in [6, 6.07) is 0. The monoisotopic (exact) mass is 197 g/mol. The number of rotatable bonds is 2. The van der Waals surface area contributed by atoms with E-state index in [-0.39, 0.29) is 0 Å². The van der Waals surface area contributed by atoms with Crippen molar-refractivity contribution in [1.29, 1.82) is 0 Å². The molecule has 0 radical (unpaired) electrons. The smallest absolute Gasteiger partial charge is 0.328 e. The lowest BCUT2D eigenvalue weighted by Crippen LogP contribution is -1.91. The molecule has 0 aliphatic heterocycles. The van der Waals surface area contributed by atoms with E-state index in [1.54, 1.807) is 0 Å². The molecule has 0 amide bonds. The van der Waals surface area contributed by atoms with Crippen molar-refractivity contribution in [2.45, 2.75) is 0 Å². The average molecular weight is 197 g/mol. The van der Waals surface area contributed by atoms with Crippen LogP contribution in [-0.2, 0) is 9.59 Å². The van der Waals surface area contributed by atoms with Crippen molar-refractivity contribution in [2.75, 3.05) is 0 Å². The molecule has 2 N–H and O–H groups in total. The zero-order valence-electron chi connectivity index (χ0n) is 6.94. The number of aliphatic carboxylic acids is 2. The van der Waals surface area contributed by atoms with Crippen LogP contribution in [-0.4, -0.2) is 37.1 Å². The van der Waals surface area contributed by atoms with E-state index in [1.165, 1.54) is 19.0 Å². The first-order valence-corrected chi connectivity index (χ1v) is 3.32. The molecule has 0 aliphatic carbocycles. The van der Waals surface area contributed by atoms with Crippen LogP contribution in [0.1, 0.15) is 0 Å². The lowest BCUT2D eigenvalue weighted by molar-refractivity contribution is -0.134. The summed E-state index contributed by atoms with van der Waals surface area (Å²) in [5.74, 6) is -2.51. The van der Waals surface area contributed by atoms with Crippen molar-refractivity contribution in [3.63, 3.8) is 0 Å². The standard InChI is InChI=1S/C4H4O4.C3H3N3/c5-3(6)1-2-4(7)8;1-4-2-6-3-5-1/h1-2H,(H,5,6)(H,7,8);1-3H/b2-1-;. The second-order valence-electron chi connectivity index (χ2n) is 1.80. The van der Waals surface area contributed by atoms with Gasteiger partial charge in [-0.15, -0.1) is 0 Å². The van der Waals surface area contributed by atoms with Crippen LogP contribution < -0.4 is 0 Å². The van der Waals surface area contributed by atoms with Crippen molar-refractivity contribution in [3.8, 4) is 0 Å². The fourth-order valence-corrected chi connectivity index (χ4v) is 0.347. The summed E-state index contributed by atoms with van der Waals surface area (Å²) in [6.07, 6.45) is 5.43. The molecular weight excluding hydrogens is 190 g/mol. The first-order valence-electron chi connectivity index (χ1n) is 3.32. The largest absolute Gasteiger partial charge is 0.478 e. The van der Waals surface area contributed by atoms with Gasteiger partial charge in [-0.05, 0) is 0 Å². The van der Waals surface area contributed by atoms with E-state index in [0.717, 1.165) is 0 Å². The van der Waals surface area contributed by atoms with Gasteiger partial charge < -0.3 is 10.2 Å². The molecule has 7 nitrogen and oxygen atoms in total. The third kappa shape index (κ3) is 9.69. The van der Waals surface area contributed by atoms with E-state index >= 15 is 0 Å². The highest BCUT2D eigenvalue weighted by Crippen LogP contribution is 1.70. The van der Waals surface area contributed by atoms with Gasteiger partial charge in [0.1, 0.15) is 19.0 Å². The fraction of sp³-hybridized carbons (Fsp3) is 0. The number of carboxylic acid groups (broad SMARTS) is 2. The first-order chi connectivity index (χ1) is 6.63. The quantitative estimate of drug-likeness (QED) is 0.619. The summed E-state index contributed by atoms with van der Waals surface area (Å²) in [5.41, 5.74) is 0. The van der Waals surface area contributed by atoms with Crippen LogP contribution in [0, 0.1) is 0 Å². The topological polar surface area (TPSA) is 113 Å². The molecule has 74 valence electrons. The Balaban J connectivity index is 0.000000249. The van der Waals surface area contributed by atoms with Gasteiger partial charge in [0.2, 0.25) is 0 Å². The minimum absolute atomic E-state index is 0.558. The minimum Gasteiger partial charge on any atom is -0.478 e. The first kappa shape index (κ1) is 11.7. The van der Waals surface area contributed by atoms with Gasteiger partial charge in [0.25, 0.3) is 0 Å². The zero-order valence-corrected chi connectivity index (χ0v) is 6.94. The van der Waals surface area contributed by atoms with Crippen LogP contribution in [0.3, 0.4) is 0 Å². The van der Waals surface area contributed by atoms with Gasteiger partial charge in [0.05, 0.1) is 0 Å². The second kappa shape index (κ2) is 7.35. The Bertz CT molecular complexity index is 269. The SMILES string of the molecule is O=C(O)/C=C\C(=O)O.c1ncncn1. The Hall–Kier alpha value is -2.31. The number of carbonyl (C=O) groups is 2. The molecule has 0 aliphatic rings. The number of nitrogens with zero attached hydrogens (tertiary/aromatic N) is 3. The number of hydrogen-bond acceptors (Lipinski definition) is 5. The van der Waals surface area contributed by atoms with Crippen LogP contribution >= 0.6 is 0 Å². The second-order valence-corrected chi connectivity index (χ2v) is 1.80. The zero-order chi connectivity index (χ0) is 10.8. The van der Waals surface area contributed by atoms with Crippen LogP contribution in [0.5, 0.6) is 0 Å². The number of aromatic nitrogens is 3. The Morgan fingerprint density at radius 1 is 0.857 bits per heavy atom. The molecule has 0 fully saturated rings. The summed E-state index contributed by atoms with van der Waals surface area (Å²) in [6.45, 7) is 0. The molecule has 1 aromatic rings. The molecule has 0 unspecified atom stereocenters. The van der Waals surface area contributed by atoms with E-state index in [4.69, 9.17) is 10.2 Å². The summed E-state index contributed by atoms with van der Waals surface area (Å²) >= 11 is 0. The molecular formula is C7H7N3O4. The lowest BCUT2D eigenvalue weighted by atomic mass is 10.5. The van der Waals surface area contributed by atoms with Crippen LogP contribution in [0.15, 0.2) is 31.1 Å². The minimum atomic E-state index is -1.26. The highest BCUT2D eigenvalue weighted by atomic mass is 16.4. The lowest BCUT2D eigenvalue weighted by Gasteiger charge is -1.74. The Morgan fingerprint density at radius 2 is 1.14 bits per heavy atom. The molecule has 7 heteroatoms. The van der Waals surface area contributed by atoms with Gasteiger partial charge in [-0.25, -0.2) is 24.5 Å². The van der Waals surface area contributed by atoms with Crippen molar-refractivity contribution in [1.82, 2.24) is 15.0 Å². The Labute approximate surface area is 78.8 Å². The highest BCUT2D eigenvalue weighted by molar-refractivity contribution is 5.89. The molecule has 0 atom stereocenters. The average Bonchev–Trinajstić information content (AvgIpc) is 2.18. The maximum absolute atomic E-state index is 9.55. The van der Waals surface area contributed by atoms with Crippen molar-refractivity contribution in [3.05, 3.63) is 31.1 Å². The highest BCUT2D eigenvalue weighted by Gasteiger charge is 1.88. The maximum Gasteiger partial charge on any atom is 0.328 e. The number of hydrogen-bond donors (Lipinski definition) is 2. The van der Waals surface area contributed by atoms with Gasteiger partial charge in [-0.1, -0.05) is 0 Å². The summed E-state index contributed by atoms with van der Waals surface area (Å²) in [7, 11) is 0. The van der Waals surface area contributed by atoms with Gasteiger partial charge >= 0.3 is 11.9 Å². The normalized spacial score (nSPS) is 8.86. The molecule has 0 saturated heterocycles. The summed E-state index contributed by atoms with van der Waals surface area (Å²) in [5, 5.41) is 15.6. The van der Waals surface area contributed by atoms with Crippen LogP contribution in [0.25, 0.3) is 0 Å².